The van der Waals surface area contributed by atoms with Crippen LogP contribution < -0.4 is 4.74 Å². The molecule has 0 atom stereocenters. The first kappa shape index (κ1) is 21.0. The van der Waals surface area contributed by atoms with E-state index in [1.54, 1.807) is 68.2 Å². The molecule has 33 heavy (non-hydrogen) atoms. The second kappa shape index (κ2) is 8.27. The number of benzene rings is 2. The number of methoxy groups -OCH3 is 1. The molecule has 0 fully saturated rings. The van der Waals surface area contributed by atoms with E-state index in [0.29, 0.717) is 33.4 Å². The van der Waals surface area contributed by atoms with Crippen LogP contribution in [-0.4, -0.2) is 34.5 Å². The van der Waals surface area contributed by atoms with E-state index in [1.165, 1.54) is 16.4 Å². The number of ether oxygens (including phenoxy) is 2. The maximum Gasteiger partial charge on any atom is 0.268 e. The number of rotatable bonds is 6. The molecule has 0 amide bonds. The number of aromatic nitrogens is 4. The standard InChI is InChI=1S/C24H20N4O4S/c1-16-6-8-18(9-7-16)33(29,30)28-19-4-3-5-21(32-22-14-25-10-11-27-22)24(19)23-17(15-31-2)12-26-13-20(23)28/h3-14H,15H2,1-2H3. The van der Waals surface area contributed by atoms with Gasteiger partial charge in [-0.2, -0.15) is 0 Å². The number of aryl methyl sites for hydroxylation is 1. The summed E-state index contributed by atoms with van der Waals surface area (Å²) in [5, 5.41) is 1.32. The highest BCUT2D eigenvalue weighted by Gasteiger charge is 2.26. The third kappa shape index (κ3) is 3.61. The second-order valence-corrected chi connectivity index (χ2v) is 9.29. The Morgan fingerprint density at radius 1 is 0.909 bits per heavy atom. The summed E-state index contributed by atoms with van der Waals surface area (Å²) in [5.74, 6) is 0.758. The molecule has 0 aliphatic carbocycles. The molecule has 0 radical (unpaired) electrons. The molecule has 0 bridgehead atoms. The monoisotopic (exact) mass is 460 g/mol. The molecular formula is C24H20N4O4S. The van der Waals surface area contributed by atoms with E-state index >= 15 is 0 Å². The van der Waals surface area contributed by atoms with E-state index in [9.17, 15) is 8.42 Å². The highest BCUT2D eigenvalue weighted by molar-refractivity contribution is 7.90. The lowest BCUT2D eigenvalue weighted by Gasteiger charge is -2.10. The largest absolute Gasteiger partial charge is 0.437 e. The van der Waals surface area contributed by atoms with Crippen LogP contribution in [0.25, 0.3) is 21.8 Å². The highest BCUT2D eigenvalue weighted by Crippen LogP contribution is 2.40. The number of fused-ring (bicyclic) bond motifs is 3. The average molecular weight is 461 g/mol. The van der Waals surface area contributed by atoms with Gasteiger partial charge in [0.15, 0.2) is 0 Å². The molecule has 0 aliphatic rings. The minimum Gasteiger partial charge on any atom is -0.437 e. The molecule has 0 spiro atoms. The average Bonchev–Trinajstić information content (AvgIpc) is 3.17. The maximum absolute atomic E-state index is 13.8. The number of pyridine rings is 1. The smallest absolute Gasteiger partial charge is 0.268 e. The van der Waals surface area contributed by atoms with Crippen LogP contribution in [-0.2, 0) is 21.4 Å². The Balaban J connectivity index is 1.86. The first-order valence-corrected chi connectivity index (χ1v) is 11.6. The van der Waals surface area contributed by atoms with Gasteiger partial charge < -0.3 is 9.47 Å². The predicted octanol–water partition coefficient (Wildman–Crippen LogP) is 4.46. The lowest BCUT2D eigenvalue weighted by Crippen LogP contribution is -2.13. The van der Waals surface area contributed by atoms with Crippen molar-refractivity contribution in [3.8, 4) is 11.6 Å². The Bertz CT molecular complexity index is 1560. The van der Waals surface area contributed by atoms with E-state index in [0.717, 1.165) is 11.1 Å². The minimum absolute atomic E-state index is 0.185. The van der Waals surface area contributed by atoms with Gasteiger partial charge in [0.2, 0.25) is 5.88 Å². The zero-order chi connectivity index (χ0) is 23.0. The van der Waals surface area contributed by atoms with Gasteiger partial charge in [0.25, 0.3) is 10.0 Å². The Labute approximate surface area is 190 Å². The van der Waals surface area contributed by atoms with E-state index < -0.39 is 10.0 Å². The van der Waals surface area contributed by atoms with E-state index in [2.05, 4.69) is 15.0 Å². The molecular weight excluding hydrogens is 440 g/mol. The van der Waals surface area contributed by atoms with Crippen molar-refractivity contribution in [1.82, 2.24) is 18.9 Å². The van der Waals surface area contributed by atoms with Crippen LogP contribution in [0.4, 0.5) is 0 Å². The molecule has 5 rings (SSSR count). The lowest BCUT2D eigenvalue weighted by molar-refractivity contribution is 0.186. The van der Waals surface area contributed by atoms with Crippen molar-refractivity contribution in [2.45, 2.75) is 18.4 Å². The van der Waals surface area contributed by atoms with Crippen LogP contribution in [0, 0.1) is 6.92 Å². The van der Waals surface area contributed by atoms with Crippen molar-refractivity contribution in [2.24, 2.45) is 0 Å². The van der Waals surface area contributed by atoms with E-state index in [1.807, 2.05) is 6.92 Å². The van der Waals surface area contributed by atoms with Gasteiger partial charge in [-0.05, 0) is 31.2 Å². The van der Waals surface area contributed by atoms with Gasteiger partial charge in [0.1, 0.15) is 5.75 Å². The van der Waals surface area contributed by atoms with Crippen LogP contribution in [0.1, 0.15) is 11.1 Å². The third-order valence-electron chi connectivity index (χ3n) is 5.31. The summed E-state index contributed by atoms with van der Waals surface area (Å²) in [6, 6.07) is 12.0. The van der Waals surface area contributed by atoms with Crippen molar-refractivity contribution in [3.05, 3.63) is 84.6 Å². The molecule has 3 heterocycles. The Hall–Kier alpha value is -3.82. The first-order chi connectivity index (χ1) is 16.0. The van der Waals surface area contributed by atoms with Gasteiger partial charge in [-0.25, -0.2) is 17.4 Å². The van der Waals surface area contributed by atoms with Gasteiger partial charge in [0.05, 0.1) is 40.3 Å². The predicted molar refractivity (Wildman–Crippen MR) is 124 cm³/mol. The molecule has 0 aliphatic heterocycles. The van der Waals surface area contributed by atoms with Gasteiger partial charge in [-0.15, -0.1) is 0 Å². The molecule has 0 N–H and O–H groups in total. The fourth-order valence-electron chi connectivity index (χ4n) is 3.88. The summed E-state index contributed by atoms with van der Waals surface area (Å²) in [6.45, 7) is 2.17. The first-order valence-electron chi connectivity index (χ1n) is 10.2. The molecule has 3 aromatic heterocycles. The molecule has 0 unspecified atom stereocenters. The Morgan fingerprint density at radius 2 is 1.73 bits per heavy atom. The van der Waals surface area contributed by atoms with E-state index in [-0.39, 0.29) is 11.5 Å². The van der Waals surface area contributed by atoms with E-state index in [4.69, 9.17) is 9.47 Å². The van der Waals surface area contributed by atoms with Gasteiger partial charge in [-0.3, -0.25) is 9.97 Å². The second-order valence-electron chi connectivity index (χ2n) is 7.50. The van der Waals surface area contributed by atoms with Crippen molar-refractivity contribution in [1.29, 1.82) is 0 Å². The summed E-state index contributed by atoms with van der Waals surface area (Å²) in [7, 11) is -2.35. The topological polar surface area (TPSA) is 96.2 Å². The van der Waals surface area contributed by atoms with Crippen LogP contribution in [0.5, 0.6) is 11.6 Å². The normalized spacial score (nSPS) is 11.8. The fourth-order valence-corrected chi connectivity index (χ4v) is 5.38. The fraction of sp³-hybridized carbons (Fsp3) is 0.125. The minimum atomic E-state index is -3.93. The quantitative estimate of drug-likeness (QED) is 0.369. The molecule has 0 saturated carbocycles. The number of hydrogen-bond acceptors (Lipinski definition) is 7. The van der Waals surface area contributed by atoms with Gasteiger partial charge >= 0.3 is 0 Å². The van der Waals surface area contributed by atoms with Crippen molar-refractivity contribution < 1.29 is 17.9 Å². The molecule has 8 nitrogen and oxygen atoms in total. The number of hydrogen-bond donors (Lipinski definition) is 0. The van der Waals surface area contributed by atoms with Gasteiger partial charge in [0, 0.05) is 36.7 Å². The number of nitrogens with zero attached hydrogens (tertiary/aromatic N) is 4. The molecule has 0 saturated heterocycles. The summed E-state index contributed by atoms with van der Waals surface area (Å²) < 4.78 is 40.4. The van der Waals surface area contributed by atoms with Crippen LogP contribution in [0.3, 0.4) is 0 Å². The Morgan fingerprint density at radius 3 is 2.45 bits per heavy atom. The van der Waals surface area contributed by atoms with Crippen molar-refractivity contribution in [2.75, 3.05) is 7.11 Å². The summed E-state index contributed by atoms with van der Waals surface area (Å²) in [6.07, 6.45) is 7.80. The summed E-state index contributed by atoms with van der Waals surface area (Å²) >= 11 is 0. The summed E-state index contributed by atoms with van der Waals surface area (Å²) in [4.78, 5) is 12.7. The van der Waals surface area contributed by atoms with Crippen LogP contribution in [0.2, 0.25) is 0 Å². The molecule has 9 heteroatoms. The van der Waals surface area contributed by atoms with Crippen molar-refractivity contribution >= 4 is 31.8 Å². The van der Waals surface area contributed by atoms with Crippen LogP contribution >= 0.6 is 0 Å². The summed E-state index contributed by atoms with van der Waals surface area (Å²) in [5.41, 5.74) is 2.63. The third-order valence-corrected chi connectivity index (χ3v) is 7.05. The Kier molecular flexibility index (Phi) is 5.27. The zero-order valence-electron chi connectivity index (χ0n) is 18.0. The SMILES string of the molecule is COCc1cncc2c1c1c(Oc3cnccn3)cccc1n2S(=O)(=O)c1ccc(C)cc1. The zero-order valence-corrected chi connectivity index (χ0v) is 18.8. The van der Waals surface area contributed by atoms with Crippen LogP contribution in [0.15, 0.2) is 78.3 Å². The highest BCUT2D eigenvalue weighted by atomic mass is 32.2. The molecule has 2 aromatic carbocycles. The van der Waals surface area contributed by atoms with Gasteiger partial charge in [-0.1, -0.05) is 23.8 Å². The van der Waals surface area contributed by atoms with Crippen molar-refractivity contribution in [3.63, 3.8) is 0 Å². The molecule has 5 aromatic rings. The maximum atomic E-state index is 13.8. The lowest BCUT2D eigenvalue weighted by atomic mass is 10.1. The molecule has 166 valence electrons.